The standard InChI is InChI=1S/C32H40N2O3/c1-24-20-25(2)22-28(21-24)26-13-15-31(37-19-17-34(5)6)27(23-26)12-14-30(35)29-10-7-8-11-32(29)36-18-9-16-33(3)4/h7-8,10-15,20-23H,9,16-19H2,1-6H3. The van der Waals surface area contributed by atoms with Gasteiger partial charge in [-0.05, 0) is 96.0 Å². The van der Waals surface area contributed by atoms with E-state index in [1.165, 1.54) is 11.1 Å². The highest BCUT2D eigenvalue weighted by molar-refractivity contribution is 6.08. The number of benzene rings is 3. The van der Waals surface area contributed by atoms with Crippen LogP contribution < -0.4 is 9.47 Å². The second-order valence-corrected chi connectivity index (χ2v) is 9.98. The van der Waals surface area contributed by atoms with Crippen LogP contribution in [0.1, 0.15) is 33.5 Å². The maximum Gasteiger partial charge on any atom is 0.189 e. The Morgan fingerprint density at radius 3 is 2.14 bits per heavy atom. The number of para-hydroxylation sites is 1. The van der Waals surface area contributed by atoms with Gasteiger partial charge in [0.15, 0.2) is 5.78 Å². The summed E-state index contributed by atoms with van der Waals surface area (Å²) in [6, 6.07) is 20.1. The molecule has 0 bridgehead atoms. The Hall–Kier alpha value is -3.41. The van der Waals surface area contributed by atoms with Crippen LogP contribution >= 0.6 is 0 Å². The number of ketones is 1. The lowest BCUT2D eigenvalue weighted by molar-refractivity contribution is 0.104. The van der Waals surface area contributed by atoms with Crippen molar-refractivity contribution in [3.63, 3.8) is 0 Å². The summed E-state index contributed by atoms with van der Waals surface area (Å²) >= 11 is 0. The molecule has 0 aliphatic carbocycles. The smallest absolute Gasteiger partial charge is 0.189 e. The van der Waals surface area contributed by atoms with E-state index in [1.54, 1.807) is 6.08 Å². The Balaban J connectivity index is 1.86. The third-order valence-electron chi connectivity index (χ3n) is 5.93. The molecule has 0 aromatic heterocycles. The van der Waals surface area contributed by atoms with Crippen LogP contribution in [0.25, 0.3) is 17.2 Å². The van der Waals surface area contributed by atoms with E-state index in [0.29, 0.717) is 24.5 Å². The van der Waals surface area contributed by atoms with Gasteiger partial charge in [0.1, 0.15) is 18.1 Å². The molecule has 0 radical (unpaired) electrons. The van der Waals surface area contributed by atoms with E-state index in [2.05, 4.69) is 54.0 Å². The van der Waals surface area contributed by atoms with Crippen molar-refractivity contribution in [3.05, 3.63) is 89.0 Å². The lowest BCUT2D eigenvalue weighted by atomic mass is 9.98. The second-order valence-electron chi connectivity index (χ2n) is 9.98. The van der Waals surface area contributed by atoms with Gasteiger partial charge in [-0.25, -0.2) is 0 Å². The Morgan fingerprint density at radius 2 is 1.43 bits per heavy atom. The fourth-order valence-corrected chi connectivity index (χ4v) is 4.08. The molecule has 0 spiro atoms. The number of allylic oxidation sites excluding steroid dienone is 1. The highest BCUT2D eigenvalue weighted by atomic mass is 16.5. The Labute approximate surface area is 222 Å². The average Bonchev–Trinajstić information content (AvgIpc) is 2.85. The molecule has 3 rings (SSSR count). The number of hydrogen-bond donors (Lipinski definition) is 0. The van der Waals surface area contributed by atoms with E-state index in [-0.39, 0.29) is 5.78 Å². The molecule has 0 heterocycles. The SMILES string of the molecule is Cc1cc(C)cc(-c2ccc(OCCN(C)C)c(C=CC(=O)c3ccccc3OCCCN(C)C)c2)c1. The molecule has 0 fully saturated rings. The monoisotopic (exact) mass is 500 g/mol. The molecular formula is C32H40N2O3. The van der Waals surface area contributed by atoms with E-state index in [1.807, 2.05) is 64.6 Å². The molecule has 3 aromatic carbocycles. The van der Waals surface area contributed by atoms with E-state index in [9.17, 15) is 4.79 Å². The first kappa shape index (κ1) is 28.2. The Morgan fingerprint density at radius 1 is 0.757 bits per heavy atom. The minimum atomic E-state index is -0.0979. The number of aryl methyl sites for hydroxylation is 2. The van der Waals surface area contributed by atoms with Gasteiger partial charge < -0.3 is 19.3 Å². The van der Waals surface area contributed by atoms with Crippen molar-refractivity contribution in [1.29, 1.82) is 0 Å². The zero-order valence-electron chi connectivity index (χ0n) is 23.1. The molecule has 37 heavy (non-hydrogen) atoms. The van der Waals surface area contributed by atoms with Gasteiger partial charge in [-0.3, -0.25) is 4.79 Å². The summed E-state index contributed by atoms with van der Waals surface area (Å²) in [7, 11) is 8.11. The fraction of sp³-hybridized carbons (Fsp3) is 0.344. The Kier molecular flexibility index (Phi) is 10.5. The van der Waals surface area contributed by atoms with Crippen LogP contribution in [0.3, 0.4) is 0 Å². The number of nitrogens with zero attached hydrogens (tertiary/aromatic N) is 2. The van der Waals surface area contributed by atoms with Crippen LogP contribution in [0, 0.1) is 13.8 Å². The third kappa shape index (κ3) is 8.88. The van der Waals surface area contributed by atoms with Gasteiger partial charge in [-0.15, -0.1) is 0 Å². The second kappa shape index (κ2) is 13.8. The van der Waals surface area contributed by atoms with Crippen LogP contribution in [0.5, 0.6) is 11.5 Å². The summed E-state index contributed by atoms with van der Waals surface area (Å²) in [5, 5.41) is 0. The average molecular weight is 501 g/mol. The van der Waals surface area contributed by atoms with E-state index in [0.717, 1.165) is 42.0 Å². The lowest BCUT2D eigenvalue weighted by Crippen LogP contribution is -2.19. The van der Waals surface area contributed by atoms with Gasteiger partial charge in [-0.1, -0.05) is 47.5 Å². The van der Waals surface area contributed by atoms with Crippen molar-refractivity contribution in [3.8, 4) is 22.6 Å². The molecule has 0 atom stereocenters. The Bertz CT molecular complexity index is 1190. The number of carbonyl (C=O) groups excluding carboxylic acids is 1. The quantitative estimate of drug-likeness (QED) is 0.160. The van der Waals surface area contributed by atoms with E-state index >= 15 is 0 Å². The van der Waals surface area contributed by atoms with Crippen molar-refractivity contribution >= 4 is 11.9 Å². The highest BCUT2D eigenvalue weighted by Crippen LogP contribution is 2.30. The fourth-order valence-electron chi connectivity index (χ4n) is 4.08. The largest absolute Gasteiger partial charge is 0.493 e. The minimum absolute atomic E-state index is 0.0979. The molecule has 0 amide bonds. The molecule has 0 aliphatic heterocycles. The van der Waals surface area contributed by atoms with Crippen molar-refractivity contribution in [1.82, 2.24) is 9.80 Å². The third-order valence-corrected chi connectivity index (χ3v) is 5.93. The van der Waals surface area contributed by atoms with Crippen LogP contribution in [0.15, 0.2) is 66.7 Å². The van der Waals surface area contributed by atoms with Crippen molar-refractivity contribution in [2.45, 2.75) is 20.3 Å². The number of rotatable bonds is 13. The van der Waals surface area contributed by atoms with Gasteiger partial charge in [0, 0.05) is 18.7 Å². The molecule has 0 saturated heterocycles. The van der Waals surface area contributed by atoms with Gasteiger partial charge in [0.2, 0.25) is 0 Å². The maximum atomic E-state index is 13.2. The molecule has 0 unspecified atom stereocenters. The van der Waals surface area contributed by atoms with Gasteiger partial charge in [0.25, 0.3) is 0 Å². The summed E-state index contributed by atoms with van der Waals surface area (Å²) < 4.78 is 12.0. The molecule has 0 N–H and O–H groups in total. The van der Waals surface area contributed by atoms with Crippen LogP contribution in [-0.2, 0) is 0 Å². The zero-order chi connectivity index (χ0) is 26.8. The first-order valence-corrected chi connectivity index (χ1v) is 12.8. The maximum absolute atomic E-state index is 13.2. The highest BCUT2D eigenvalue weighted by Gasteiger charge is 2.11. The van der Waals surface area contributed by atoms with Gasteiger partial charge in [-0.2, -0.15) is 0 Å². The molecule has 0 saturated carbocycles. The van der Waals surface area contributed by atoms with Crippen LogP contribution in [-0.4, -0.2) is 70.1 Å². The predicted molar refractivity (Wildman–Crippen MR) is 154 cm³/mol. The number of ether oxygens (including phenoxy) is 2. The van der Waals surface area contributed by atoms with E-state index < -0.39 is 0 Å². The molecule has 0 aliphatic rings. The van der Waals surface area contributed by atoms with Crippen molar-refractivity contribution < 1.29 is 14.3 Å². The first-order valence-electron chi connectivity index (χ1n) is 12.8. The van der Waals surface area contributed by atoms with Crippen molar-refractivity contribution in [2.75, 3.05) is 54.5 Å². The van der Waals surface area contributed by atoms with Crippen molar-refractivity contribution in [2.24, 2.45) is 0 Å². The van der Waals surface area contributed by atoms with Gasteiger partial charge >= 0.3 is 0 Å². The summed E-state index contributed by atoms with van der Waals surface area (Å²) in [6.45, 7) is 7.08. The summed E-state index contributed by atoms with van der Waals surface area (Å²) in [5.41, 5.74) is 6.10. The predicted octanol–water partition coefficient (Wildman–Crippen LogP) is 6.14. The summed E-state index contributed by atoms with van der Waals surface area (Å²) in [6.07, 6.45) is 4.36. The lowest BCUT2D eigenvalue weighted by Gasteiger charge is -2.14. The zero-order valence-corrected chi connectivity index (χ0v) is 23.1. The van der Waals surface area contributed by atoms with Crippen LogP contribution in [0.4, 0.5) is 0 Å². The molecule has 5 heteroatoms. The molecule has 196 valence electrons. The summed E-state index contributed by atoms with van der Waals surface area (Å²) in [5.74, 6) is 1.27. The topological polar surface area (TPSA) is 42.0 Å². The number of likely N-dealkylation sites (N-methyl/N-ethyl adjacent to an activating group) is 1. The molecule has 5 nitrogen and oxygen atoms in total. The number of carbonyl (C=O) groups is 1. The molecule has 3 aromatic rings. The summed E-state index contributed by atoms with van der Waals surface area (Å²) in [4.78, 5) is 17.4. The van der Waals surface area contributed by atoms with Crippen LogP contribution in [0.2, 0.25) is 0 Å². The van der Waals surface area contributed by atoms with E-state index in [4.69, 9.17) is 9.47 Å². The number of hydrogen-bond acceptors (Lipinski definition) is 5. The molecular weight excluding hydrogens is 460 g/mol. The normalized spacial score (nSPS) is 11.5. The van der Waals surface area contributed by atoms with Gasteiger partial charge in [0.05, 0.1) is 12.2 Å². The first-order chi connectivity index (χ1) is 17.7. The minimum Gasteiger partial charge on any atom is -0.493 e.